The number of H-pyrrole nitrogens is 1. The lowest BCUT2D eigenvalue weighted by Crippen LogP contribution is -2.21. The van der Waals surface area contributed by atoms with E-state index in [1.807, 2.05) is 0 Å². The number of aromatic nitrogens is 1. The van der Waals surface area contributed by atoms with Gasteiger partial charge in [0.1, 0.15) is 0 Å². The first kappa shape index (κ1) is 9.71. The predicted molar refractivity (Wildman–Crippen MR) is 46.2 cm³/mol. The average molecular weight is 198 g/mol. The van der Waals surface area contributed by atoms with Gasteiger partial charge < -0.3 is 15.9 Å². The van der Waals surface area contributed by atoms with Crippen LogP contribution in [0.25, 0.3) is 0 Å². The monoisotopic (exact) mass is 198 g/mol. The van der Waals surface area contributed by atoms with E-state index in [0.29, 0.717) is 0 Å². The molecule has 74 valence electrons. The minimum absolute atomic E-state index is 0.315. The van der Waals surface area contributed by atoms with Crippen molar-refractivity contribution >= 4 is 11.5 Å². The minimum Gasteiger partial charge on any atom is -0.409 e. The van der Waals surface area contributed by atoms with E-state index >= 15 is 0 Å². The number of nitrogens with two attached hydrogens (primary N) is 1. The second kappa shape index (κ2) is 3.56. The lowest BCUT2D eigenvalue weighted by atomic mass is 10.3. The molecule has 1 heterocycles. The summed E-state index contributed by atoms with van der Waals surface area (Å²) in [5.41, 5.74) is 3.81. The van der Waals surface area contributed by atoms with Crippen LogP contribution in [0.4, 0.5) is 5.69 Å². The molecular weight excluding hydrogens is 192 g/mol. The van der Waals surface area contributed by atoms with Crippen molar-refractivity contribution in [3.05, 3.63) is 38.3 Å². The van der Waals surface area contributed by atoms with E-state index in [9.17, 15) is 14.9 Å². The Hall–Kier alpha value is -2.38. The first-order chi connectivity index (χ1) is 6.56. The molecule has 1 aromatic heterocycles. The van der Waals surface area contributed by atoms with Crippen LogP contribution in [0.3, 0.4) is 0 Å². The third-order valence-corrected chi connectivity index (χ3v) is 1.46. The zero-order chi connectivity index (χ0) is 10.7. The summed E-state index contributed by atoms with van der Waals surface area (Å²) in [6, 6.07) is 1.96. The largest absolute Gasteiger partial charge is 0.409 e. The smallest absolute Gasteiger partial charge is 0.296 e. The Morgan fingerprint density at radius 1 is 1.64 bits per heavy atom. The molecule has 0 saturated carbocycles. The quantitative estimate of drug-likeness (QED) is 0.191. The topological polar surface area (TPSA) is 135 Å². The maximum absolute atomic E-state index is 10.8. The van der Waals surface area contributed by atoms with Gasteiger partial charge in [0.15, 0.2) is 11.5 Å². The van der Waals surface area contributed by atoms with Gasteiger partial charge in [0, 0.05) is 12.1 Å². The number of oxime groups is 1. The highest BCUT2D eigenvalue weighted by Gasteiger charge is 2.17. The molecule has 0 amide bonds. The van der Waals surface area contributed by atoms with Crippen molar-refractivity contribution in [2.45, 2.75) is 0 Å². The van der Waals surface area contributed by atoms with E-state index in [0.717, 1.165) is 12.1 Å². The van der Waals surface area contributed by atoms with Crippen LogP contribution in [0.1, 0.15) is 5.69 Å². The van der Waals surface area contributed by atoms with Crippen molar-refractivity contribution in [2.24, 2.45) is 10.9 Å². The molecule has 8 nitrogen and oxygen atoms in total. The summed E-state index contributed by atoms with van der Waals surface area (Å²) in [6.45, 7) is 0. The Morgan fingerprint density at radius 3 is 2.79 bits per heavy atom. The molecular formula is C6H6N4O4. The fourth-order valence-corrected chi connectivity index (χ4v) is 0.864. The van der Waals surface area contributed by atoms with Crippen molar-refractivity contribution in [1.29, 1.82) is 0 Å². The maximum Gasteiger partial charge on any atom is 0.296 e. The lowest BCUT2D eigenvalue weighted by molar-refractivity contribution is -0.385. The molecule has 0 aliphatic heterocycles. The van der Waals surface area contributed by atoms with Crippen LogP contribution in [0.15, 0.2) is 22.1 Å². The highest BCUT2D eigenvalue weighted by Crippen LogP contribution is 2.12. The molecule has 0 aliphatic rings. The maximum atomic E-state index is 10.8. The van der Waals surface area contributed by atoms with Gasteiger partial charge in [0.25, 0.3) is 5.69 Å². The van der Waals surface area contributed by atoms with Gasteiger partial charge in [-0.15, -0.1) is 0 Å². The summed E-state index contributed by atoms with van der Waals surface area (Å²) in [4.78, 5) is 22.6. The SMILES string of the molecule is N/C(=N/O)c1[nH]c(=O)ccc1[N+](=O)[O-]. The summed E-state index contributed by atoms with van der Waals surface area (Å²) in [5, 5.41) is 21.3. The first-order valence-electron chi connectivity index (χ1n) is 3.42. The van der Waals surface area contributed by atoms with Crippen molar-refractivity contribution in [3.8, 4) is 0 Å². The summed E-state index contributed by atoms with van der Waals surface area (Å²) < 4.78 is 0. The van der Waals surface area contributed by atoms with E-state index in [-0.39, 0.29) is 5.69 Å². The zero-order valence-electron chi connectivity index (χ0n) is 6.80. The standard InChI is InChI=1S/C6H6N4O4/c7-6(9-12)5-3(10(13)14)1-2-4(11)8-5/h1-2,12H,(H2,7,9)(H,8,11). The van der Waals surface area contributed by atoms with Crippen LogP contribution in [0.5, 0.6) is 0 Å². The molecule has 0 atom stereocenters. The Kier molecular flexibility index (Phi) is 2.47. The molecule has 0 aromatic carbocycles. The molecule has 0 saturated heterocycles. The Morgan fingerprint density at radius 2 is 2.29 bits per heavy atom. The van der Waals surface area contributed by atoms with Crippen LogP contribution in [0, 0.1) is 10.1 Å². The molecule has 0 spiro atoms. The van der Waals surface area contributed by atoms with E-state index in [1.165, 1.54) is 0 Å². The molecule has 0 aliphatic carbocycles. The predicted octanol–water partition coefficient (Wildman–Crippen LogP) is -0.622. The van der Waals surface area contributed by atoms with Gasteiger partial charge in [-0.3, -0.25) is 14.9 Å². The fourth-order valence-electron chi connectivity index (χ4n) is 0.864. The fraction of sp³-hybridized carbons (Fsp3) is 0. The van der Waals surface area contributed by atoms with Crippen LogP contribution in [-0.2, 0) is 0 Å². The molecule has 4 N–H and O–H groups in total. The summed E-state index contributed by atoms with van der Waals surface area (Å²) in [7, 11) is 0. The third kappa shape index (κ3) is 1.68. The number of aromatic amines is 1. The van der Waals surface area contributed by atoms with Crippen LogP contribution in [0.2, 0.25) is 0 Å². The molecule has 1 aromatic rings. The van der Waals surface area contributed by atoms with E-state index < -0.39 is 22.0 Å². The molecule has 0 radical (unpaired) electrons. The second-order valence-corrected chi connectivity index (χ2v) is 2.33. The van der Waals surface area contributed by atoms with Crippen molar-refractivity contribution < 1.29 is 10.1 Å². The van der Waals surface area contributed by atoms with Crippen molar-refractivity contribution in [1.82, 2.24) is 4.98 Å². The van der Waals surface area contributed by atoms with Crippen LogP contribution < -0.4 is 11.3 Å². The number of amidine groups is 1. The van der Waals surface area contributed by atoms with Gasteiger partial charge >= 0.3 is 0 Å². The van der Waals surface area contributed by atoms with E-state index in [2.05, 4.69) is 10.1 Å². The van der Waals surface area contributed by atoms with Crippen molar-refractivity contribution in [2.75, 3.05) is 0 Å². The molecule has 0 bridgehead atoms. The second-order valence-electron chi connectivity index (χ2n) is 2.33. The zero-order valence-corrected chi connectivity index (χ0v) is 6.80. The normalized spacial score (nSPS) is 11.3. The number of nitrogens with one attached hydrogen (secondary N) is 1. The summed E-state index contributed by atoms with van der Waals surface area (Å²) in [6.07, 6.45) is 0. The van der Waals surface area contributed by atoms with Crippen LogP contribution in [-0.4, -0.2) is 21.0 Å². The van der Waals surface area contributed by atoms with Crippen molar-refractivity contribution in [3.63, 3.8) is 0 Å². The third-order valence-electron chi connectivity index (χ3n) is 1.46. The number of hydrogen-bond acceptors (Lipinski definition) is 5. The highest BCUT2D eigenvalue weighted by molar-refractivity contribution is 5.98. The number of pyridine rings is 1. The minimum atomic E-state index is -0.747. The highest BCUT2D eigenvalue weighted by atomic mass is 16.6. The number of nitrogens with zero attached hydrogens (tertiary/aromatic N) is 2. The molecule has 8 heteroatoms. The molecule has 14 heavy (non-hydrogen) atoms. The Balaban J connectivity index is 3.45. The van der Waals surface area contributed by atoms with Gasteiger partial charge in [-0.05, 0) is 0 Å². The molecule has 0 unspecified atom stereocenters. The Bertz CT molecular complexity index is 449. The van der Waals surface area contributed by atoms with Gasteiger partial charge in [-0.25, -0.2) is 0 Å². The number of nitro groups is 1. The number of hydrogen-bond donors (Lipinski definition) is 3. The van der Waals surface area contributed by atoms with E-state index in [4.69, 9.17) is 10.9 Å². The molecule has 0 fully saturated rings. The lowest BCUT2D eigenvalue weighted by Gasteiger charge is -1.98. The van der Waals surface area contributed by atoms with Gasteiger partial charge in [-0.1, -0.05) is 5.16 Å². The Labute approximate surface area is 76.8 Å². The average Bonchev–Trinajstić information content (AvgIpc) is 2.16. The van der Waals surface area contributed by atoms with Gasteiger partial charge in [0.05, 0.1) is 4.92 Å². The first-order valence-corrected chi connectivity index (χ1v) is 3.42. The number of rotatable bonds is 2. The van der Waals surface area contributed by atoms with E-state index in [1.54, 1.807) is 0 Å². The van der Waals surface area contributed by atoms with Gasteiger partial charge in [0.2, 0.25) is 5.56 Å². The van der Waals surface area contributed by atoms with Gasteiger partial charge in [-0.2, -0.15) is 0 Å². The summed E-state index contributed by atoms with van der Waals surface area (Å²) in [5.74, 6) is -0.519. The molecule has 1 rings (SSSR count). The summed E-state index contributed by atoms with van der Waals surface area (Å²) >= 11 is 0. The van der Waals surface area contributed by atoms with Crippen LogP contribution >= 0.6 is 0 Å².